The molecule has 0 saturated heterocycles. The molecule has 7 amide bonds. The maximum atomic E-state index is 13.8. The van der Waals surface area contributed by atoms with E-state index >= 15 is 0 Å². The van der Waals surface area contributed by atoms with Gasteiger partial charge in [-0.3, -0.25) is 48.9 Å². The van der Waals surface area contributed by atoms with Crippen LogP contribution in [0.4, 0.5) is 47.6 Å². The lowest BCUT2D eigenvalue weighted by Gasteiger charge is -2.31. The average Bonchev–Trinajstić information content (AvgIpc) is 1.58. The van der Waals surface area contributed by atoms with Gasteiger partial charge in [-0.1, -0.05) is 31.2 Å². The highest BCUT2D eigenvalue weighted by Gasteiger charge is 2.46. The van der Waals surface area contributed by atoms with Crippen LogP contribution in [0.25, 0.3) is 105 Å². The van der Waals surface area contributed by atoms with Gasteiger partial charge in [0, 0.05) is 147 Å². The van der Waals surface area contributed by atoms with Crippen molar-refractivity contribution in [3.63, 3.8) is 0 Å². The van der Waals surface area contributed by atoms with E-state index in [1.54, 1.807) is 160 Å². The molecule has 32 nitrogen and oxygen atoms in total. The third-order valence-corrected chi connectivity index (χ3v) is 27.8. The van der Waals surface area contributed by atoms with E-state index in [2.05, 4.69) is 47.3 Å². The van der Waals surface area contributed by atoms with Crippen molar-refractivity contribution in [3.8, 4) is 0 Å². The second-order valence-electron chi connectivity index (χ2n) is 39.7. The molecule has 37 heteroatoms. The van der Waals surface area contributed by atoms with Crippen LogP contribution in [0.3, 0.4) is 0 Å². The Morgan fingerprint density at radius 1 is 0.465 bits per heavy atom. The zero-order valence-electron chi connectivity index (χ0n) is 83.5. The predicted octanol–water partition coefficient (Wildman–Crippen LogP) is 23.0. The summed E-state index contributed by atoms with van der Waals surface area (Å²) in [5, 5.41) is 34.5. The molecular formula is C105H118N14O18S5. The molecule has 0 aliphatic carbocycles. The Kier molecular flexibility index (Phi) is 31.0. The fraction of sp³-hybridized carbons (Fsp3) is 0.381. The number of nitrogens with one attached hydrogen (secondary N) is 4. The number of thiophene rings is 5. The predicted molar refractivity (Wildman–Crippen MR) is 565 cm³/mol. The minimum atomic E-state index is -0.810. The zero-order chi connectivity index (χ0) is 103. The number of rotatable bonds is 12. The van der Waals surface area contributed by atoms with Gasteiger partial charge < -0.3 is 65.4 Å². The number of ether oxygens (including phenoxy) is 7. The number of nitrogens with two attached hydrogens (primary N) is 1. The van der Waals surface area contributed by atoms with Crippen molar-refractivity contribution < 1.29 is 85.8 Å². The van der Waals surface area contributed by atoms with Crippen LogP contribution in [0.5, 0.6) is 0 Å². The third kappa shape index (κ3) is 23.4. The minimum absolute atomic E-state index is 0.000669. The standard InChI is InChI=1S/C25H29N3O6S.C25H29N3O5S.C23H28N2O4S.C17H19N3O2S.C15H13N3OS/c1-14-13-26(22(30)33-24(2,3)4)19-18-15-9-8-12-27(32)16(15)10-11-17(18)35-20(19)21(29)28(14)23(31)34-25(5,6)7;1-14-13-27(22(30)32-24(2,3)4)19-18-15-9-8-12-26-16(15)10-11-17(18)34-20(19)21(29)28(14)23(31)33-25(5,6)7;1-6-28-22(27)21-20(25-13-14(2)12-18(26)29-23(3,4)5)19-15-8-7-11-24-16(15)9-10-17(19)30-21;1-3-22-17(21)16-15(20-9-10(2)18)14-11-5-4-8-19-12(11)6-7-13(14)23-16;1-8-7-17-13-12-9-3-2-6-16-10(9)4-5-11(12)20-14(13)15(19)18-8/h8-12,14H,13H2,1-7H3;8-12,14H,13H2,1-7H3;7-11,14,25H,6,12-13H2,1-5H3;4-8,10,20H,3,9,18H2,1-2H3;2-6,8,17H,7H2,1H3,(H,18,19)/t3*14-;10-;8-/m11011/s1. The maximum Gasteiger partial charge on any atom is 0.417 e. The molecule has 15 aromatic rings. The number of anilines is 5. The number of aromatic nitrogens is 5. The third-order valence-electron chi connectivity index (χ3n) is 22.1. The Balaban J connectivity index is 0.000000143. The van der Waals surface area contributed by atoms with Crippen molar-refractivity contribution >= 4 is 250 Å². The van der Waals surface area contributed by atoms with Crippen molar-refractivity contribution in [2.45, 2.75) is 211 Å². The van der Waals surface area contributed by atoms with Crippen molar-refractivity contribution in [1.82, 2.24) is 35.1 Å². The molecule has 0 unspecified atom stereocenters. The molecule has 0 radical (unpaired) electrons. The first-order chi connectivity index (χ1) is 67.0. The number of pyridine rings is 5. The number of amides is 7. The van der Waals surface area contributed by atoms with Gasteiger partial charge in [-0.15, -0.1) is 56.7 Å². The monoisotopic (exact) mass is 2020 g/mol. The van der Waals surface area contributed by atoms with Gasteiger partial charge in [0.2, 0.25) is 5.52 Å². The molecule has 3 aliphatic heterocycles. The first-order valence-electron chi connectivity index (χ1n) is 46.8. The van der Waals surface area contributed by atoms with Gasteiger partial charge in [0.15, 0.2) is 6.20 Å². The summed E-state index contributed by atoms with van der Waals surface area (Å²) in [7, 11) is 0. The smallest absolute Gasteiger partial charge is 0.417 e. The van der Waals surface area contributed by atoms with E-state index < -0.39 is 76.3 Å². The Morgan fingerprint density at radius 3 is 1.23 bits per heavy atom. The second kappa shape index (κ2) is 42.3. The fourth-order valence-corrected chi connectivity index (χ4v) is 22.1. The molecule has 746 valence electrons. The van der Waals surface area contributed by atoms with E-state index in [-0.39, 0.29) is 64.7 Å². The molecule has 3 aliphatic rings. The second-order valence-corrected chi connectivity index (χ2v) is 45.0. The molecule has 0 fully saturated rings. The molecule has 5 atom stereocenters. The Hall–Kier alpha value is -13.6. The number of nitrogens with zero attached hydrogens (tertiary/aromatic N) is 9. The molecule has 0 spiro atoms. The van der Waals surface area contributed by atoms with Crippen LogP contribution in [-0.2, 0) is 38.0 Å². The highest BCUT2D eigenvalue weighted by atomic mass is 32.1. The number of carbonyl (C=O) groups is 10. The lowest BCUT2D eigenvalue weighted by atomic mass is 10.1. The van der Waals surface area contributed by atoms with Crippen molar-refractivity contribution in [1.29, 1.82) is 0 Å². The van der Waals surface area contributed by atoms with Gasteiger partial charge in [-0.05, 0) is 236 Å². The van der Waals surface area contributed by atoms with Crippen molar-refractivity contribution in [2.75, 3.05) is 71.7 Å². The average molecular weight is 2020 g/mol. The van der Waals surface area contributed by atoms with Gasteiger partial charge in [-0.2, -0.15) is 4.73 Å². The number of carbonyl (C=O) groups excluding carboxylic acids is 10. The molecule has 5 aromatic carbocycles. The lowest BCUT2D eigenvalue weighted by molar-refractivity contribution is -0.576. The van der Waals surface area contributed by atoms with E-state index in [9.17, 15) is 53.2 Å². The first-order valence-corrected chi connectivity index (χ1v) is 50.8. The van der Waals surface area contributed by atoms with E-state index in [4.69, 9.17) is 38.9 Å². The maximum absolute atomic E-state index is 13.8. The summed E-state index contributed by atoms with van der Waals surface area (Å²) in [5.41, 5.74) is 9.37. The van der Waals surface area contributed by atoms with Crippen LogP contribution in [0, 0.1) is 11.1 Å². The Bertz CT molecular complexity index is 7420. The van der Waals surface area contributed by atoms with Crippen molar-refractivity contribution in [3.05, 3.63) is 182 Å². The molecule has 0 saturated carbocycles. The summed E-state index contributed by atoms with van der Waals surface area (Å²) in [6.07, 6.45) is 5.94. The molecule has 0 bridgehead atoms. The van der Waals surface area contributed by atoms with Crippen LogP contribution in [0.1, 0.15) is 207 Å². The summed E-state index contributed by atoms with van der Waals surface area (Å²) in [6.45, 7) is 42.1. The quantitative estimate of drug-likeness (QED) is 0.0328. The number of imide groups is 2. The number of fused-ring (bicyclic) bond motifs is 21. The number of benzene rings is 5. The van der Waals surface area contributed by atoms with E-state index in [0.717, 1.165) is 138 Å². The summed E-state index contributed by atoms with van der Waals surface area (Å²) in [4.78, 5) is 155. The van der Waals surface area contributed by atoms with E-state index in [1.807, 2.05) is 133 Å². The molecule has 13 heterocycles. The van der Waals surface area contributed by atoms with Gasteiger partial charge >= 0.3 is 42.3 Å². The number of esters is 3. The largest absolute Gasteiger partial charge is 0.618 e. The Labute approximate surface area is 841 Å². The van der Waals surface area contributed by atoms with Crippen LogP contribution < -0.4 is 41.5 Å². The fourth-order valence-electron chi connectivity index (χ4n) is 16.5. The minimum Gasteiger partial charge on any atom is -0.618 e. The summed E-state index contributed by atoms with van der Waals surface area (Å²) in [6, 6.07) is 36.8. The highest BCUT2D eigenvalue weighted by Crippen LogP contribution is 2.50. The van der Waals surface area contributed by atoms with Gasteiger partial charge in [0.25, 0.3) is 17.7 Å². The molecular weight excluding hydrogens is 1910 g/mol. The van der Waals surface area contributed by atoms with Gasteiger partial charge in [-0.25, -0.2) is 38.6 Å². The summed E-state index contributed by atoms with van der Waals surface area (Å²) in [5.74, 6) is -1.91. The topological polar surface area (TPSA) is 401 Å². The molecule has 142 heavy (non-hydrogen) atoms. The van der Waals surface area contributed by atoms with E-state index in [1.165, 1.54) is 61.3 Å². The molecule has 6 N–H and O–H groups in total. The van der Waals surface area contributed by atoms with E-state index in [0.29, 0.717) is 74.8 Å². The highest BCUT2D eigenvalue weighted by molar-refractivity contribution is 7.23. The van der Waals surface area contributed by atoms with Crippen LogP contribution in [-0.4, -0.2) is 188 Å². The first kappa shape index (κ1) is 104. The van der Waals surface area contributed by atoms with Crippen molar-refractivity contribution in [2.24, 2.45) is 11.7 Å². The Morgan fingerprint density at radius 2 is 0.824 bits per heavy atom. The van der Waals surface area contributed by atoms with Crippen LogP contribution >= 0.6 is 56.7 Å². The number of hydrogen-bond donors (Lipinski definition) is 5. The van der Waals surface area contributed by atoms with Gasteiger partial charge in [0.05, 0.1) is 94.3 Å². The van der Waals surface area contributed by atoms with Gasteiger partial charge in [0.1, 0.15) is 52.4 Å². The number of hydrogen-bond acceptors (Lipinski definition) is 31. The van der Waals surface area contributed by atoms with Crippen LogP contribution in [0.2, 0.25) is 0 Å². The SMILES string of the molecule is CCOC(=O)c1sc2ccc3ncccc3c2c1NC[C@@H](C)CC(=O)OC(C)(C)C.CCOC(=O)c1sc2ccc3ncccc3c2c1NC[C@@H](C)N.C[C@@H]1CN(C(=O)OC(C)(C)C)c2c(sc3ccc4c(ccc[n+]4[O-])c23)C(=O)N1C(=O)OC(C)(C)C.C[C@@H]1CN(C(=O)OC(C)(C)C)c2c(sc3ccc4ncccc4c23)C(=O)N1C(=O)OC(C)(C)C.C[C@@H]1CNc2c(sc3ccc4ncccc4c23)C(=O)N1. The lowest BCUT2D eigenvalue weighted by Crippen LogP contribution is -2.49. The molecule has 10 aromatic heterocycles. The summed E-state index contributed by atoms with van der Waals surface area (Å²) < 4.78 is 43.7. The zero-order valence-corrected chi connectivity index (χ0v) is 87.6. The summed E-state index contributed by atoms with van der Waals surface area (Å²) >= 11 is 6.77. The van der Waals surface area contributed by atoms with Crippen LogP contribution in [0.15, 0.2) is 152 Å². The molecule has 18 rings (SSSR count). The normalized spacial score (nSPS) is 15.5.